The molecule has 0 radical (unpaired) electrons. The first-order valence-corrected chi connectivity index (χ1v) is 13.1. The minimum Gasteiger partial charge on any atom is -0.351 e. The van der Waals surface area contributed by atoms with E-state index in [2.05, 4.69) is 35.8 Å². The molecular formula is C27H31N3O2S. The molecule has 2 heterocycles. The van der Waals surface area contributed by atoms with Crippen LogP contribution in [0.25, 0.3) is 10.9 Å². The molecule has 0 unspecified atom stereocenters. The lowest BCUT2D eigenvalue weighted by Gasteiger charge is -2.44. The predicted molar refractivity (Wildman–Crippen MR) is 134 cm³/mol. The van der Waals surface area contributed by atoms with Crippen LogP contribution in [0.5, 0.6) is 0 Å². The molecule has 172 valence electrons. The minimum atomic E-state index is -0.937. The van der Waals surface area contributed by atoms with Crippen molar-refractivity contribution in [2.45, 2.75) is 62.0 Å². The first kappa shape index (κ1) is 22.1. The van der Waals surface area contributed by atoms with Gasteiger partial charge in [0.15, 0.2) is 0 Å². The third-order valence-electron chi connectivity index (χ3n) is 7.30. The Morgan fingerprint density at radius 1 is 1.12 bits per heavy atom. The van der Waals surface area contributed by atoms with Crippen LogP contribution >= 0.6 is 11.8 Å². The summed E-state index contributed by atoms with van der Waals surface area (Å²) in [5, 5.41) is 4.31. The maximum absolute atomic E-state index is 13.8. The molecular weight excluding hydrogens is 430 g/mol. The summed E-state index contributed by atoms with van der Waals surface area (Å²) in [4.78, 5) is 30.5. The van der Waals surface area contributed by atoms with Crippen LogP contribution in [0.4, 0.5) is 0 Å². The lowest BCUT2D eigenvalue weighted by molar-refractivity contribution is -0.133. The second-order valence-electron chi connectivity index (χ2n) is 9.46. The summed E-state index contributed by atoms with van der Waals surface area (Å²) >= 11 is 1.72. The standard InChI is InChI=1S/C27H31N3O2S/c1-27(26(32)28-21-8-4-5-9-21)18-29-23-10-6-3-7-20(23)17-24(29)25(31)30(27)16-15-19-11-13-22(33-2)14-12-19/h3,6-7,10-14,17,21H,4-5,8-9,15-16,18H2,1-2H3,(H,28,32)/t27-/m1/s1. The van der Waals surface area contributed by atoms with Gasteiger partial charge in [0.2, 0.25) is 5.91 Å². The van der Waals surface area contributed by atoms with Gasteiger partial charge < -0.3 is 14.8 Å². The van der Waals surface area contributed by atoms with E-state index in [1.54, 1.807) is 11.8 Å². The molecule has 0 bridgehead atoms. The number of thioether (sulfide) groups is 1. The van der Waals surface area contributed by atoms with E-state index in [0.717, 1.165) is 36.6 Å². The van der Waals surface area contributed by atoms with Crippen molar-refractivity contribution in [1.29, 1.82) is 0 Å². The molecule has 2 aromatic carbocycles. The quantitative estimate of drug-likeness (QED) is 0.533. The zero-order chi connectivity index (χ0) is 23.0. The van der Waals surface area contributed by atoms with E-state index in [9.17, 15) is 9.59 Å². The van der Waals surface area contributed by atoms with E-state index in [-0.39, 0.29) is 17.9 Å². The van der Waals surface area contributed by atoms with Gasteiger partial charge >= 0.3 is 0 Å². The summed E-state index contributed by atoms with van der Waals surface area (Å²) < 4.78 is 2.04. The third kappa shape index (κ3) is 4.05. The second-order valence-corrected chi connectivity index (χ2v) is 10.3. The van der Waals surface area contributed by atoms with Crippen molar-refractivity contribution in [3.63, 3.8) is 0 Å². The van der Waals surface area contributed by atoms with Crippen molar-refractivity contribution < 1.29 is 9.59 Å². The van der Waals surface area contributed by atoms with E-state index in [1.807, 2.05) is 46.7 Å². The fourth-order valence-electron chi connectivity index (χ4n) is 5.30. The van der Waals surface area contributed by atoms with Crippen LogP contribution in [0.3, 0.4) is 0 Å². The molecule has 2 amide bonds. The maximum Gasteiger partial charge on any atom is 0.271 e. The Morgan fingerprint density at radius 3 is 2.58 bits per heavy atom. The van der Waals surface area contributed by atoms with Crippen molar-refractivity contribution in [1.82, 2.24) is 14.8 Å². The molecule has 6 heteroatoms. The van der Waals surface area contributed by atoms with Crippen LogP contribution < -0.4 is 5.32 Å². The van der Waals surface area contributed by atoms with Gasteiger partial charge in [0, 0.05) is 28.4 Å². The molecule has 1 fully saturated rings. The zero-order valence-electron chi connectivity index (χ0n) is 19.3. The number of carbonyl (C=O) groups excluding carboxylic acids is 2. The molecule has 1 aromatic heterocycles. The lowest BCUT2D eigenvalue weighted by atomic mass is 9.93. The molecule has 1 atom stereocenters. The van der Waals surface area contributed by atoms with Gasteiger partial charge in [0.05, 0.1) is 6.54 Å². The van der Waals surface area contributed by atoms with Gasteiger partial charge in [-0.25, -0.2) is 0 Å². The van der Waals surface area contributed by atoms with Crippen molar-refractivity contribution >= 4 is 34.5 Å². The van der Waals surface area contributed by atoms with Crippen LogP contribution in [0.1, 0.15) is 48.7 Å². The SMILES string of the molecule is CSc1ccc(CCN2C(=O)c3cc4ccccc4n3C[C@]2(C)C(=O)NC2CCCC2)cc1. The lowest BCUT2D eigenvalue weighted by Crippen LogP contribution is -2.65. The highest BCUT2D eigenvalue weighted by atomic mass is 32.2. The van der Waals surface area contributed by atoms with E-state index in [1.165, 1.54) is 10.5 Å². The fraction of sp³-hybridized carbons (Fsp3) is 0.407. The number of aromatic nitrogens is 1. The van der Waals surface area contributed by atoms with E-state index >= 15 is 0 Å². The maximum atomic E-state index is 13.8. The predicted octanol–water partition coefficient (Wildman–Crippen LogP) is 4.88. The molecule has 1 aliphatic carbocycles. The Balaban J connectivity index is 1.48. The Morgan fingerprint density at radius 2 is 1.85 bits per heavy atom. The number of carbonyl (C=O) groups is 2. The van der Waals surface area contributed by atoms with Crippen LogP contribution in [0, 0.1) is 0 Å². The van der Waals surface area contributed by atoms with E-state index in [4.69, 9.17) is 0 Å². The number of nitrogens with zero attached hydrogens (tertiary/aromatic N) is 2. The highest BCUT2D eigenvalue weighted by Crippen LogP contribution is 2.33. The van der Waals surface area contributed by atoms with Gasteiger partial charge in [-0.05, 0) is 62.3 Å². The van der Waals surface area contributed by atoms with E-state index in [0.29, 0.717) is 25.2 Å². The van der Waals surface area contributed by atoms with Crippen LogP contribution in [0.15, 0.2) is 59.5 Å². The molecule has 2 aliphatic rings. The Hall–Kier alpha value is -2.73. The van der Waals surface area contributed by atoms with Gasteiger partial charge in [-0.2, -0.15) is 0 Å². The summed E-state index contributed by atoms with van der Waals surface area (Å²) in [7, 11) is 0. The van der Waals surface area contributed by atoms with Crippen molar-refractivity contribution in [2.24, 2.45) is 0 Å². The van der Waals surface area contributed by atoms with Crippen LogP contribution in [-0.4, -0.2) is 45.7 Å². The Kier molecular flexibility index (Phi) is 5.95. The number of fused-ring (bicyclic) bond motifs is 3. The average molecular weight is 462 g/mol. The number of hydrogen-bond donors (Lipinski definition) is 1. The number of benzene rings is 2. The molecule has 0 saturated heterocycles. The minimum absolute atomic E-state index is 0.0380. The highest BCUT2D eigenvalue weighted by molar-refractivity contribution is 7.98. The normalized spacial score (nSPS) is 20.9. The van der Waals surface area contributed by atoms with Crippen molar-refractivity contribution in [3.8, 4) is 0 Å². The monoisotopic (exact) mass is 461 g/mol. The van der Waals surface area contributed by atoms with Gasteiger partial charge in [-0.1, -0.05) is 43.2 Å². The molecule has 33 heavy (non-hydrogen) atoms. The first-order valence-electron chi connectivity index (χ1n) is 11.8. The summed E-state index contributed by atoms with van der Waals surface area (Å²) in [6.07, 6.45) is 7.14. The van der Waals surface area contributed by atoms with Gasteiger partial charge in [-0.3, -0.25) is 9.59 Å². The summed E-state index contributed by atoms with van der Waals surface area (Å²) in [6.45, 7) is 2.91. The second kappa shape index (κ2) is 8.90. The highest BCUT2D eigenvalue weighted by Gasteiger charge is 2.47. The van der Waals surface area contributed by atoms with Gasteiger partial charge in [0.1, 0.15) is 11.2 Å². The molecule has 1 saturated carbocycles. The zero-order valence-corrected chi connectivity index (χ0v) is 20.2. The summed E-state index contributed by atoms with van der Waals surface area (Å²) in [5.41, 5.74) is 1.91. The molecule has 1 aliphatic heterocycles. The first-order chi connectivity index (χ1) is 16.0. The molecule has 3 aromatic rings. The van der Waals surface area contributed by atoms with Crippen LogP contribution in [0.2, 0.25) is 0 Å². The number of hydrogen-bond acceptors (Lipinski definition) is 3. The van der Waals surface area contributed by atoms with Crippen molar-refractivity contribution in [2.75, 3.05) is 12.8 Å². The van der Waals surface area contributed by atoms with Crippen LogP contribution in [-0.2, 0) is 17.8 Å². The van der Waals surface area contributed by atoms with Crippen molar-refractivity contribution in [3.05, 3.63) is 65.9 Å². The number of nitrogens with one attached hydrogen (secondary N) is 1. The number of amides is 2. The summed E-state index contributed by atoms with van der Waals surface area (Å²) in [6, 6.07) is 18.7. The molecule has 5 nitrogen and oxygen atoms in total. The molecule has 5 rings (SSSR count). The number of rotatable bonds is 6. The Bertz CT molecular complexity index is 1180. The number of para-hydroxylation sites is 1. The average Bonchev–Trinajstić information content (AvgIpc) is 3.47. The van der Waals surface area contributed by atoms with E-state index < -0.39 is 5.54 Å². The summed E-state index contributed by atoms with van der Waals surface area (Å²) in [5.74, 6) is -0.105. The molecule has 0 spiro atoms. The third-order valence-corrected chi connectivity index (χ3v) is 8.04. The smallest absolute Gasteiger partial charge is 0.271 e. The molecule has 1 N–H and O–H groups in total. The topological polar surface area (TPSA) is 54.3 Å². The van der Waals surface area contributed by atoms with Gasteiger partial charge in [0.25, 0.3) is 5.91 Å². The Labute approximate surface area is 199 Å². The largest absolute Gasteiger partial charge is 0.351 e. The fourth-order valence-corrected chi connectivity index (χ4v) is 5.71. The van der Waals surface area contributed by atoms with Gasteiger partial charge in [-0.15, -0.1) is 11.8 Å².